The fourth-order valence-corrected chi connectivity index (χ4v) is 2.31. The van der Waals surface area contributed by atoms with Crippen LogP contribution in [0.4, 0.5) is 5.69 Å². The molecule has 2 aromatic rings. The molecule has 1 N–H and O–H groups in total. The number of carbonyl (C=O) groups is 3. The average molecular weight is 354 g/mol. The van der Waals surface area contributed by atoms with Crippen LogP contribution in [0.25, 0.3) is 0 Å². The summed E-state index contributed by atoms with van der Waals surface area (Å²) in [5, 5.41) is 2.80. The number of ether oxygens (including phenoxy) is 1. The van der Waals surface area contributed by atoms with Gasteiger partial charge in [0.05, 0.1) is 12.7 Å². The Kier molecular flexibility index (Phi) is 6.49. The van der Waals surface area contributed by atoms with Crippen molar-refractivity contribution in [2.75, 3.05) is 26.5 Å². The Morgan fingerprint density at radius 3 is 2.04 bits per heavy atom. The van der Waals surface area contributed by atoms with Crippen LogP contribution in [0.15, 0.2) is 48.5 Å². The zero-order valence-electron chi connectivity index (χ0n) is 15.1. The number of aryl methyl sites for hydroxylation is 1. The van der Waals surface area contributed by atoms with E-state index in [1.54, 1.807) is 55.4 Å². The van der Waals surface area contributed by atoms with Gasteiger partial charge in [-0.05, 0) is 48.4 Å². The number of benzene rings is 2. The summed E-state index contributed by atoms with van der Waals surface area (Å²) in [4.78, 5) is 36.8. The molecule has 0 bridgehead atoms. The maximum atomic E-state index is 12.3. The Morgan fingerprint density at radius 1 is 0.923 bits per heavy atom. The highest BCUT2D eigenvalue weighted by Gasteiger charge is 2.09. The van der Waals surface area contributed by atoms with Crippen LogP contribution in [0.2, 0.25) is 0 Å². The van der Waals surface area contributed by atoms with Gasteiger partial charge in [0.25, 0.3) is 5.91 Å². The Labute approximate surface area is 152 Å². The van der Waals surface area contributed by atoms with Gasteiger partial charge < -0.3 is 15.0 Å². The number of esters is 1. The maximum absolute atomic E-state index is 12.3. The fourth-order valence-electron chi connectivity index (χ4n) is 2.31. The molecule has 0 atom stereocenters. The lowest BCUT2D eigenvalue weighted by molar-refractivity contribution is -0.128. The monoisotopic (exact) mass is 354 g/mol. The van der Waals surface area contributed by atoms with Crippen molar-refractivity contribution in [3.63, 3.8) is 0 Å². The molecular formula is C20H22N2O4. The summed E-state index contributed by atoms with van der Waals surface area (Å²) in [5.41, 5.74) is 2.52. The van der Waals surface area contributed by atoms with E-state index >= 15 is 0 Å². The SMILES string of the molecule is COC(=O)c1ccc(C(=O)Nc2ccc(CCC(=O)N(C)C)cc2)cc1. The second-order valence-electron chi connectivity index (χ2n) is 6.01. The van der Waals surface area contributed by atoms with Crippen molar-refractivity contribution in [2.45, 2.75) is 12.8 Å². The quantitative estimate of drug-likeness (QED) is 0.810. The summed E-state index contributed by atoms with van der Waals surface area (Å²) >= 11 is 0. The van der Waals surface area contributed by atoms with Crippen LogP contribution in [0, 0.1) is 0 Å². The minimum atomic E-state index is -0.444. The highest BCUT2D eigenvalue weighted by Crippen LogP contribution is 2.14. The van der Waals surface area contributed by atoms with Crippen LogP contribution in [-0.4, -0.2) is 43.9 Å². The third-order valence-electron chi connectivity index (χ3n) is 3.91. The van der Waals surface area contributed by atoms with Gasteiger partial charge in [0, 0.05) is 31.8 Å². The highest BCUT2D eigenvalue weighted by atomic mass is 16.5. The first-order valence-electron chi connectivity index (χ1n) is 8.19. The molecule has 0 saturated heterocycles. The van der Waals surface area contributed by atoms with Crippen LogP contribution < -0.4 is 5.32 Å². The molecule has 136 valence electrons. The lowest BCUT2D eigenvalue weighted by Crippen LogP contribution is -2.21. The normalized spacial score (nSPS) is 10.1. The number of carbonyl (C=O) groups excluding carboxylic acids is 3. The molecule has 2 rings (SSSR count). The number of methoxy groups -OCH3 is 1. The number of nitrogens with zero attached hydrogens (tertiary/aromatic N) is 1. The molecule has 2 aromatic carbocycles. The lowest BCUT2D eigenvalue weighted by Gasteiger charge is -2.10. The van der Waals surface area contributed by atoms with E-state index in [4.69, 9.17) is 0 Å². The van der Waals surface area contributed by atoms with Crippen molar-refractivity contribution >= 4 is 23.5 Å². The summed E-state index contributed by atoms with van der Waals surface area (Å²) in [6, 6.07) is 13.6. The predicted octanol–water partition coefficient (Wildman–Crippen LogP) is 2.75. The van der Waals surface area contributed by atoms with E-state index in [1.807, 2.05) is 12.1 Å². The fraction of sp³-hybridized carbons (Fsp3) is 0.250. The van der Waals surface area contributed by atoms with E-state index in [2.05, 4.69) is 10.1 Å². The Balaban J connectivity index is 1.94. The van der Waals surface area contributed by atoms with Gasteiger partial charge in [-0.3, -0.25) is 9.59 Å². The molecule has 0 radical (unpaired) electrons. The molecule has 0 spiro atoms. The smallest absolute Gasteiger partial charge is 0.337 e. The molecule has 0 aliphatic carbocycles. The second-order valence-corrected chi connectivity index (χ2v) is 6.01. The summed E-state index contributed by atoms with van der Waals surface area (Å²) in [6.07, 6.45) is 1.10. The Bertz CT molecular complexity index is 780. The van der Waals surface area contributed by atoms with Gasteiger partial charge in [0.1, 0.15) is 0 Å². The van der Waals surface area contributed by atoms with Crippen molar-refractivity contribution in [3.8, 4) is 0 Å². The molecule has 0 aromatic heterocycles. The number of anilines is 1. The summed E-state index contributed by atoms with van der Waals surface area (Å²) in [5.74, 6) is -0.630. The first-order chi connectivity index (χ1) is 12.4. The van der Waals surface area contributed by atoms with E-state index in [1.165, 1.54) is 7.11 Å². The molecule has 0 heterocycles. The second kappa shape index (κ2) is 8.80. The van der Waals surface area contributed by atoms with E-state index < -0.39 is 5.97 Å². The summed E-state index contributed by atoms with van der Waals surface area (Å²) in [6.45, 7) is 0. The lowest BCUT2D eigenvalue weighted by atomic mass is 10.1. The van der Waals surface area contributed by atoms with Crippen LogP contribution in [0.3, 0.4) is 0 Å². The molecule has 0 saturated carbocycles. The number of nitrogens with one attached hydrogen (secondary N) is 1. The van der Waals surface area contributed by atoms with Crippen LogP contribution >= 0.6 is 0 Å². The molecule has 2 amide bonds. The predicted molar refractivity (Wildman–Crippen MR) is 99.2 cm³/mol. The molecule has 0 unspecified atom stereocenters. The van der Waals surface area contributed by atoms with Crippen molar-refractivity contribution in [1.29, 1.82) is 0 Å². The summed E-state index contributed by atoms with van der Waals surface area (Å²) in [7, 11) is 4.78. The van der Waals surface area contributed by atoms with E-state index in [0.717, 1.165) is 5.56 Å². The van der Waals surface area contributed by atoms with Crippen LogP contribution in [-0.2, 0) is 16.0 Å². The third kappa shape index (κ3) is 5.17. The van der Waals surface area contributed by atoms with Gasteiger partial charge in [-0.1, -0.05) is 12.1 Å². The molecule has 6 heteroatoms. The largest absolute Gasteiger partial charge is 0.465 e. The summed E-state index contributed by atoms with van der Waals surface area (Å²) < 4.78 is 4.63. The first kappa shape index (κ1) is 19.2. The van der Waals surface area contributed by atoms with Crippen LogP contribution in [0.5, 0.6) is 0 Å². The number of hydrogen-bond donors (Lipinski definition) is 1. The van der Waals surface area contributed by atoms with Gasteiger partial charge in [0.15, 0.2) is 0 Å². The molecule has 0 aliphatic rings. The Hall–Kier alpha value is -3.15. The average Bonchev–Trinajstić information content (AvgIpc) is 2.66. The van der Waals surface area contributed by atoms with Crippen molar-refractivity contribution in [3.05, 3.63) is 65.2 Å². The van der Waals surface area contributed by atoms with Crippen LogP contribution in [0.1, 0.15) is 32.7 Å². The highest BCUT2D eigenvalue weighted by molar-refractivity contribution is 6.04. The van der Waals surface area contributed by atoms with E-state index in [0.29, 0.717) is 29.7 Å². The van der Waals surface area contributed by atoms with Crippen molar-refractivity contribution in [1.82, 2.24) is 4.90 Å². The van der Waals surface area contributed by atoms with Gasteiger partial charge >= 0.3 is 5.97 Å². The standard InChI is InChI=1S/C20H22N2O4/c1-22(2)18(23)13-6-14-4-11-17(12-5-14)21-19(24)15-7-9-16(10-8-15)20(25)26-3/h4-5,7-12H,6,13H2,1-3H3,(H,21,24). The number of rotatable bonds is 6. The van der Waals surface area contributed by atoms with E-state index in [9.17, 15) is 14.4 Å². The van der Waals surface area contributed by atoms with Gasteiger partial charge in [0.2, 0.25) is 5.91 Å². The van der Waals surface area contributed by atoms with Gasteiger partial charge in [-0.2, -0.15) is 0 Å². The molecule has 6 nitrogen and oxygen atoms in total. The Morgan fingerprint density at radius 2 is 1.50 bits per heavy atom. The minimum Gasteiger partial charge on any atom is -0.465 e. The first-order valence-corrected chi connectivity index (χ1v) is 8.19. The van der Waals surface area contributed by atoms with Gasteiger partial charge in [-0.25, -0.2) is 4.79 Å². The maximum Gasteiger partial charge on any atom is 0.337 e. The molecule has 0 fully saturated rings. The van der Waals surface area contributed by atoms with Crippen molar-refractivity contribution < 1.29 is 19.1 Å². The minimum absolute atomic E-state index is 0.0813. The molecular weight excluding hydrogens is 332 g/mol. The third-order valence-corrected chi connectivity index (χ3v) is 3.91. The van der Waals surface area contributed by atoms with E-state index in [-0.39, 0.29) is 11.8 Å². The van der Waals surface area contributed by atoms with Gasteiger partial charge in [-0.15, -0.1) is 0 Å². The molecule has 0 aliphatic heterocycles. The topological polar surface area (TPSA) is 75.7 Å². The zero-order chi connectivity index (χ0) is 19.1. The molecule has 26 heavy (non-hydrogen) atoms. The number of amides is 2. The zero-order valence-corrected chi connectivity index (χ0v) is 15.1. The van der Waals surface area contributed by atoms with Crippen molar-refractivity contribution in [2.24, 2.45) is 0 Å². The number of hydrogen-bond acceptors (Lipinski definition) is 4.